The molecule has 1 fully saturated rings. The summed E-state index contributed by atoms with van der Waals surface area (Å²) in [7, 11) is 0. The van der Waals surface area contributed by atoms with E-state index in [1.54, 1.807) is 35.2 Å². The van der Waals surface area contributed by atoms with Crippen molar-refractivity contribution in [3.05, 3.63) is 63.6 Å². The van der Waals surface area contributed by atoms with Crippen LogP contribution in [0.25, 0.3) is 0 Å². The zero-order valence-corrected chi connectivity index (χ0v) is 15.3. The van der Waals surface area contributed by atoms with Crippen LogP contribution in [0.2, 0.25) is 10.0 Å². The average molecular weight is 377 g/mol. The largest absolute Gasteiger partial charge is 0.346 e. The lowest BCUT2D eigenvalue weighted by Gasteiger charge is -2.19. The highest BCUT2D eigenvalue weighted by Gasteiger charge is 2.24. The van der Waals surface area contributed by atoms with Gasteiger partial charge in [0, 0.05) is 23.6 Å². The van der Waals surface area contributed by atoms with Crippen LogP contribution in [0.5, 0.6) is 0 Å². The molecule has 4 nitrogen and oxygen atoms in total. The number of hydrogen-bond donors (Lipinski definition) is 1. The SMILES string of the molecule is C[C@H](NC(=O)c1ccc(Cl)c(N2CCCC2=O)c1)c1ccc(Cl)cc1. The number of nitrogens with zero attached hydrogens (tertiary/aromatic N) is 1. The van der Waals surface area contributed by atoms with Gasteiger partial charge in [-0.3, -0.25) is 9.59 Å². The Morgan fingerprint density at radius 3 is 2.52 bits per heavy atom. The molecule has 2 aromatic carbocycles. The van der Waals surface area contributed by atoms with E-state index < -0.39 is 0 Å². The Kier molecular flexibility index (Phi) is 5.30. The van der Waals surface area contributed by atoms with Gasteiger partial charge in [-0.15, -0.1) is 0 Å². The zero-order chi connectivity index (χ0) is 18.0. The highest BCUT2D eigenvalue weighted by molar-refractivity contribution is 6.34. The number of benzene rings is 2. The highest BCUT2D eigenvalue weighted by atomic mass is 35.5. The van der Waals surface area contributed by atoms with Gasteiger partial charge in [0.05, 0.1) is 16.8 Å². The van der Waals surface area contributed by atoms with Crippen molar-refractivity contribution in [1.82, 2.24) is 5.32 Å². The fraction of sp³-hybridized carbons (Fsp3) is 0.263. The third kappa shape index (κ3) is 3.97. The minimum Gasteiger partial charge on any atom is -0.346 e. The molecule has 1 saturated heterocycles. The van der Waals surface area contributed by atoms with Gasteiger partial charge in [-0.25, -0.2) is 0 Å². The summed E-state index contributed by atoms with van der Waals surface area (Å²) < 4.78 is 0. The van der Waals surface area contributed by atoms with Crippen molar-refractivity contribution in [2.75, 3.05) is 11.4 Å². The van der Waals surface area contributed by atoms with Crippen molar-refractivity contribution in [1.29, 1.82) is 0 Å². The highest BCUT2D eigenvalue weighted by Crippen LogP contribution is 2.30. The average Bonchev–Trinajstić information content (AvgIpc) is 3.01. The second kappa shape index (κ2) is 7.46. The van der Waals surface area contributed by atoms with Crippen molar-refractivity contribution in [2.24, 2.45) is 0 Å². The Hall–Kier alpha value is -2.04. The molecule has 0 aliphatic carbocycles. The van der Waals surface area contributed by atoms with Crippen LogP contribution in [0.1, 0.15) is 41.7 Å². The predicted octanol–water partition coefficient (Wildman–Crippen LogP) is 4.61. The van der Waals surface area contributed by atoms with Crippen molar-refractivity contribution in [2.45, 2.75) is 25.8 Å². The van der Waals surface area contributed by atoms with Crippen LogP contribution in [-0.2, 0) is 4.79 Å². The quantitative estimate of drug-likeness (QED) is 0.846. The number of carbonyl (C=O) groups excluding carboxylic acids is 2. The minimum absolute atomic E-state index is 0.0361. The van der Waals surface area contributed by atoms with E-state index in [1.807, 2.05) is 19.1 Å². The molecule has 3 rings (SSSR count). The van der Waals surface area contributed by atoms with Crippen LogP contribution in [0.4, 0.5) is 5.69 Å². The van der Waals surface area contributed by atoms with E-state index in [-0.39, 0.29) is 17.9 Å². The van der Waals surface area contributed by atoms with Crippen molar-refractivity contribution >= 4 is 40.7 Å². The summed E-state index contributed by atoms with van der Waals surface area (Å²) in [6.07, 6.45) is 1.32. The molecule has 0 radical (unpaired) electrons. The fourth-order valence-electron chi connectivity index (χ4n) is 2.88. The number of anilines is 1. The predicted molar refractivity (Wildman–Crippen MR) is 100 cm³/mol. The third-order valence-electron chi connectivity index (χ3n) is 4.29. The van der Waals surface area contributed by atoms with Crippen LogP contribution < -0.4 is 10.2 Å². The second-order valence-electron chi connectivity index (χ2n) is 6.06. The minimum atomic E-state index is -0.216. The smallest absolute Gasteiger partial charge is 0.251 e. The molecule has 1 heterocycles. The van der Waals surface area contributed by atoms with Crippen LogP contribution in [0.15, 0.2) is 42.5 Å². The van der Waals surface area contributed by atoms with E-state index in [9.17, 15) is 9.59 Å². The number of halogens is 2. The summed E-state index contributed by atoms with van der Waals surface area (Å²) in [5.41, 5.74) is 2.03. The topological polar surface area (TPSA) is 49.4 Å². The number of nitrogens with one attached hydrogen (secondary N) is 1. The lowest BCUT2D eigenvalue weighted by Crippen LogP contribution is -2.28. The number of carbonyl (C=O) groups is 2. The zero-order valence-electron chi connectivity index (χ0n) is 13.8. The van der Waals surface area contributed by atoms with Gasteiger partial charge in [0.1, 0.15) is 0 Å². The van der Waals surface area contributed by atoms with Crippen LogP contribution >= 0.6 is 23.2 Å². The van der Waals surface area contributed by atoms with E-state index >= 15 is 0 Å². The lowest BCUT2D eigenvalue weighted by molar-refractivity contribution is -0.117. The van der Waals surface area contributed by atoms with Crippen LogP contribution in [0, 0.1) is 0 Å². The standard InChI is InChI=1S/C19H18Cl2N2O2/c1-12(13-4-7-15(20)8-5-13)22-19(25)14-6-9-16(21)17(11-14)23-10-2-3-18(23)24/h4-9,11-12H,2-3,10H2,1H3,(H,22,25)/t12-/m0/s1. The van der Waals surface area contributed by atoms with Gasteiger partial charge in [-0.2, -0.15) is 0 Å². The fourth-order valence-corrected chi connectivity index (χ4v) is 3.22. The number of rotatable bonds is 4. The first-order valence-corrected chi connectivity index (χ1v) is 8.87. The first-order valence-electron chi connectivity index (χ1n) is 8.12. The van der Waals surface area contributed by atoms with Gasteiger partial charge >= 0.3 is 0 Å². The second-order valence-corrected chi connectivity index (χ2v) is 6.91. The molecule has 2 amide bonds. The van der Waals surface area contributed by atoms with Crippen molar-refractivity contribution < 1.29 is 9.59 Å². The molecule has 0 bridgehead atoms. The molecular formula is C19H18Cl2N2O2. The molecule has 6 heteroatoms. The molecule has 1 atom stereocenters. The first kappa shape index (κ1) is 17.8. The molecule has 25 heavy (non-hydrogen) atoms. The van der Waals surface area contributed by atoms with E-state index in [0.29, 0.717) is 34.3 Å². The van der Waals surface area contributed by atoms with Gasteiger partial charge in [0.2, 0.25) is 5.91 Å². The van der Waals surface area contributed by atoms with Crippen LogP contribution in [0.3, 0.4) is 0 Å². The summed E-state index contributed by atoms with van der Waals surface area (Å²) in [4.78, 5) is 26.2. The Morgan fingerprint density at radius 1 is 1.16 bits per heavy atom. The van der Waals surface area contributed by atoms with E-state index in [0.717, 1.165) is 12.0 Å². The molecule has 0 aromatic heterocycles. The number of hydrogen-bond acceptors (Lipinski definition) is 2. The Labute approximate surface area is 156 Å². The van der Waals surface area contributed by atoms with Gasteiger partial charge in [-0.1, -0.05) is 35.3 Å². The summed E-state index contributed by atoms with van der Waals surface area (Å²) in [6, 6.07) is 12.2. The molecule has 1 aliphatic heterocycles. The van der Waals surface area contributed by atoms with Gasteiger partial charge in [0.15, 0.2) is 0 Å². The molecule has 0 unspecified atom stereocenters. The molecular weight excluding hydrogens is 359 g/mol. The molecule has 1 N–H and O–H groups in total. The summed E-state index contributed by atoms with van der Waals surface area (Å²) >= 11 is 12.1. The molecule has 130 valence electrons. The van der Waals surface area contributed by atoms with Gasteiger partial charge < -0.3 is 10.2 Å². The molecule has 0 saturated carbocycles. The first-order chi connectivity index (χ1) is 12.0. The number of amides is 2. The lowest BCUT2D eigenvalue weighted by atomic mass is 10.1. The van der Waals surface area contributed by atoms with Gasteiger partial charge in [-0.05, 0) is 49.2 Å². The molecule has 1 aliphatic rings. The molecule has 2 aromatic rings. The van der Waals surface area contributed by atoms with E-state index in [1.165, 1.54) is 0 Å². The van der Waals surface area contributed by atoms with Gasteiger partial charge in [0.25, 0.3) is 5.91 Å². The van der Waals surface area contributed by atoms with Crippen molar-refractivity contribution in [3.8, 4) is 0 Å². The van der Waals surface area contributed by atoms with E-state index in [2.05, 4.69) is 5.32 Å². The summed E-state index contributed by atoms with van der Waals surface area (Å²) in [6.45, 7) is 2.53. The normalized spacial score (nSPS) is 15.3. The third-order valence-corrected chi connectivity index (χ3v) is 4.86. The van der Waals surface area contributed by atoms with Crippen LogP contribution in [-0.4, -0.2) is 18.4 Å². The maximum absolute atomic E-state index is 12.6. The Balaban J connectivity index is 1.78. The summed E-state index contributed by atoms with van der Waals surface area (Å²) in [5, 5.41) is 4.07. The Morgan fingerprint density at radius 2 is 1.88 bits per heavy atom. The maximum Gasteiger partial charge on any atom is 0.251 e. The van der Waals surface area contributed by atoms with Crippen molar-refractivity contribution in [3.63, 3.8) is 0 Å². The summed E-state index contributed by atoms with van der Waals surface area (Å²) in [5.74, 6) is -0.180. The monoisotopic (exact) mass is 376 g/mol. The maximum atomic E-state index is 12.6. The Bertz CT molecular complexity index is 806. The van der Waals surface area contributed by atoms with E-state index in [4.69, 9.17) is 23.2 Å². The molecule has 0 spiro atoms.